The minimum absolute atomic E-state index is 0.109. The van der Waals surface area contributed by atoms with E-state index < -0.39 is 5.24 Å². The highest BCUT2D eigenvalue weighted by Crippen LogP contribution is 2.38. The Labute approximate surface area is 102 Å². The van der Waals surface area contributed by atoms with Crippen molar-refractivity contribution in [3.63, 3.8) is 0 Å². The Morgan fingerprint density at radius 1 is 1.50 bits per heavy atom. The minimum atomic E-state index is -0.665. The van der Waals surface area contributed by atoms with E-state index in [9.17, 15) is 9.59 Å². The van der Waals surface area contributed by atoms with Crippen LogP contribution in [0.1, 0.15) is 10.4 Å². The molecular formula is C10H7Cl2NO3. The summed E-state index contributed by atoms with van der Waals surface area (Å²) in [6.07, 6.45) is 0. The van der Waals surface area contributed by atoms with Crippen molar-refractivity contribution in [3.05, 3.63) is 22.7 Å². The number of anilines is 1. The van der Waals surface area contributed by atoms with Crippen LogP contribution in [-0.4, -0.2) is 24.8 Å². The molecule has 0 aromatic heterocycles. The highest BCUT2D eigenvalue weighted by atomic mass is 35.5. The molecular weight excluding hydrogens is 253 g/mol. The molecule has 0 spiro atoms. The van der Waals surface area contributed by atoms with E-state index in [1.165, 1.54) is 11.0 Å². The highest BCUT2D eigenvalue weighted by molar-refractivity contribution is 6.68. The van der Waals surface area contributed by atoms with Crippen molar-refractivity contribution in [3.8, 4) is 5.75 Å². The topological polar surface area (TPSA) is 46.6 Å². The van der Waals surface area contributed by atoms with Crippen LogP contribution in [-0.2, 0) is 4.79 Å². The van der Waals surface area contributed by atoms with Crippen molar-refractivity contribution >= 4 is 40.0 Å². The standard InChI is InChI=1S/C10H7Cl2NO3/c1-13-7-3-5(11)2-6(10(12)15)9(7)16-4-8(13)14/h2-3H,4H2,1H3. The zero-order valence-electron chi connectivity index (χ0n) is 8.29. The van der Waals surface area contributed by atoms with Crippen LogP contribution in [0, 0.1) is 0 Å². The van der Waals surface area contributed by atoms with Gasteiger partial charge in [0.2, 0.25) is 0 Å². The number of ether oxygens (including phenoxy) is 1. The first-order chi connectivity index (χ1) is 7.50. The second-order valence-corrected chi connectivity index (χ2v) is 4.10. The van der Waals surface area contributed by atoms with Crippen LogP contribution in [0.15, 0.2) is 12.1 Å². The minimum Gasteiger partial charge on any atom is -0.481 e. The Kier molecular flexibility index (Phi) is 2.78. The Morgan fingerprint density at radius 3 is 2.81 bits per heavy atom. The Morgan fingerprint density at radius 2 is 2.19 bits per heavy atom. The summed E-state index contributed by atoms with van der Waals surface area (Å²) in [7, 11) is 1.59. The molecule has 1 aromatic carbocycles. The zero-order chi connectivity index (χ0) is 11.9. The van der Waals surface area contributed by atoms with Gasteiger partial charge >= 0.3 is 0 Å². The van der Waals surface area contributed by atoms with Gasteiger partial charge in [-0.3, -0.25) is 9.59 Å². The summed E-state index contributed by atoms with van der Waals surface area (Å²) in [5.41, 5.74) is 0.622. The van der Waals surface area contributed by atoms with E-state index >= 15 is 0 Å². The number of carbonyl (C=O) groups is 2. The van der Waals surface area contributed by atoms with Crippen LogP contribution in [0.3, 0.4) is 0 Å². The number of rotatable bonds is 1. The highest BCUT2D eigenvalue weighted by Gasteiger charge is 2.27. The molecule has 1 heterocycles. The van der Waals surface area contributed by atoms with E-state index in [0.29, 0.717) is 16.5 Å². The van der Waals surface area contributed by atoms with Gasteiger partial charge in [0.25, 0.3) is 11.1 Å². The molecule has 0 saturated carbocycles. The number of carbonyl (C=O) groups excluding carboxylic acids is 2. The monoisotopic (exact) mass is 259 g/mol. The van der Waals surface area contributed by atoms with E-state index in [0.717, 1.165) is 0 Å². The Hall–Kier alpha value is -1.26. The number of halogens is 2. The molecule has 0 unspecified atom stereocenters. The van der Waals surface area contributed by atoms with Crippen molar-refractivity contribution in [2.45, 2.75) is 0 Å². The molecule has 0 aliphatic carbocycles. The molecule has 0 saturated heterocycles. The predicted molar refractivity (Wildman–Crippen MR) is 60.5 cm³/mol. The van der Waals surface area contributed by atoms with Crippen LogP contribution in [0.5, 0.6) is 5.75 Å². The molecule has 0 fully saturated rings. The van der Waals surface area contributed by atoms with E-state index in [1.54, 1.807) is 13.1 Å². The molecule has 1 amide bonds. The maximum absolute atomic E-state index is 11.4. The Balaban J connectivity index is 2.65. The summed E-state index contributed by atoms with van der Waals surface area (Å²) in [4.78, 5) is 24.0. The number of nitrogens with zero attached hydrogens (tertiary/aromatic N) is 1. The lowest BCUT2D eigenvalue weighted by molar-refractivity contribution is -0.121. The van der Waals surface area contributed by atoms with Crippen molar-refractivity contribution in [1.29, 1.82) is 0 Å². The van der Waals surface area contributed by atoms with Crippen LogP contribution >= 0.6 is 23.2 Å². The van der Waals surface area contributed by atoms with Gasteiger partial charge in [-0.2, -0.15) is 0 Å². The summed E-state index contributed by atoms with van der Waals surface area (Å²) >= 11 is 11.2. The number of amides is 1. The van der Waals surface area contributed by atoms with Crippen molar-refractivity contribution in [2.24, 2.45) is 0 Å². The maximum atomic E-state index is 11.4. The molecule has 16 heavy (non-hydrogen) atoms. The van der Waals surface area contributed by atoms with E-state index in [2.05, 4.69) is 0 Å². The van der Waals surface area contributed by atoms with Gasteiger partial charge in [0.15, 0.2) is 12.4 Å². The molecule has 6 heteroatoms. The summed E-state index contributed by atoms with van der Waals surface area (Å²) in [6, 6.07) is 2.97. The van der Waals surface area contributed by atoms with Gasteiger partial charge in [-0.25, -0.2) is 0 Å². The molecule has 84 valence electrons. The van der Waals surface area contributed by atoms with Gasteiger partial charge < -0.3 is 9.64 Å². The van der Waals surface area contributed by atoms with E-state index in [4.69, 9.17) is 27.9 Å². The van der Waals surface area contributed by atoms with Crippen LogP contribution < -0.4 is 9.64 Å². The van der Waals surface area contributed by atoms with Crippen LogP contribution in [0.4, 0.5) is 5.69 Å². The van der Waals surface area contributed by atoms with Crippen LogP contribution in [0.2, 0.25) is 5.02 Å². The number of hydrogen-bond acceptors (Lipinski definition) is 3. The lowest BCUT2D eigenvalue weighted by atomic mass is 10.1. The van der Waals surface area contributed by atoms with Gasteiger partial charge in [-0.15, -0.1) is 0 Å². The predicted octanol–water partition coefficient (Wildman–Crippen LogP) is 2.07. The molecule has 0 atom stereocenters. The fourth-order valence-electron chi connectivity index (χ4n) is 1.49. The molecule has 1 aromatic rings. The van der Waals surface area contributed by atoms with Crippen molar-refractivity contribution < 1.29 is 14.3 Å². The lowest BCUT2D eigenvalue weighted by Crippen LogP contribution is -2.36. The first-order valence-corrected chi connectivity index (χ1v) is 5.19. The van der Waals surface area contributed by atoms with Crippen LogP contribution in [0.25, 0.3) is 0 Å². The molecule has 0 radical (unpaired) electrons. The molecule has 0 bridgehead atoms. The number of likely N-dealkylation sites (N-methyl/N-ethyl adjacent to an activating group) is 1. The average molecular weight is 260 g/mol. The van der Waals surface area contributed by atoms with Gasteiger partial charge in [0.05, 0.1) is 11.3 Å². The lowest BCUT2D eigenvalue weighted by Gasteiger charge is -2.27. The first kappa shape index (κ1) is 11.2. The third-order valence-corrected chi connectivity index (χ3v) is 2.74. The molecule has 4 nitrogen and oxygen atoms in total. The zero-order valence-corrected chi connectivity index (χ0v) is 9.80. The van der Waals surface area contributed by atoms with Crippen molar-refractivity contribution in [2.75, 3.05) is 18.6 Å². The summed E-state index contributed by atoms with van der Waals surface area (Å²) in [5.74, 6) is 0.0919. The van der Waals surface area contributed by atoms with Gasteiger partial charge in [0, 0.05) is 12.1 Å². The van der Waals surface area contributed by atoms with Gasteiger partial charge in [-0.05, 0) is 23.7 Å². The van der Waals surface area contributed by atoms with E-state index in [-0.39, 0.29) is 18.1 Å². The molecule has 2 rings (SSSR count). The largest absolute Gasteiger partial charge is 0.481 e. The second kappa shape index (κ2) is 3.96. The van der Waals surface area contributed by atoms with Gasteiger partial charge in [0.1, 0.15) is 0 Å². The first-order valence-electron chi connectivity index (χ1n) is 4.43. The normalized spacial score (nSPS) is 14.4. The summed E-state index contributed by atoms with van der Waals surface area (Å²) < 4.78 is 5.20. The average Bonchev–Trinajstić information content (AvgIpc) is 2.23. The number of fused-ring (bicyclic) bond motifs is 1. The third kappa shape index (κ3) is 1.74. The number of hydrogen-bond donors (Lipinski definition) is 0. The molecule has 1 aliphatic heterocycles. The quantitative estimate of drug-likeness (QED) is 0.726. The molecule has 0 N–H and O–H groups in total. The fraction of sp³-hybridized carbons (Fsp3) is 0.200. The SMILES string of the molecule is CN1C(=O)COc2c(C(=O)Cl)cc(Cl)cc21. The fourth-order valence-corrected chi connectivity index (χ4v) is 1.84. The summed E-state index contributed by atoms with van der Waals surface area (Å²) in [5, 5.41) is -0.339. The smallest absolute Gasteiger partial charge is 0.264 e. The third-order valence-electron chi connectivity index (χ3n) is 2.32. The molecule has 1 aliphatic rings. The maximum Gasteiger partial charge on any atom is 0.264 e. The Bertz CT molecular complexity index is 487. The van der Waals surface area contributed by atoms with Gasteiger partial charge in [-0.1, -0.05) is 11.6 Å². The summed E-state index contributed by atoms with van der Waals surface area (Å²) in [6.45, 7) is -0.109. The van der Waals surface area contributed by atoms with E-state index in [1.807, 2.05) is 0 Å². The van der Waals surface area contributed by atoms with Crippen molar-refractivity contribution in [1.82, 2.24) is 0 Å². The second-order valence-electron chi connectivity index (χ2n) is 3.32. The number of benzene rings is 1.